The van der Waals surface area contributed by atoms with Gasteiger partial charge in [0.2, 0.25) is 0 Å². The summed E-state index contributed by atoms with van der Waals surface area (Å²) in [5.74, 6) is 1.28. The van der Waals surface area contributed by atoms with Gasteiger partial charge in [-0.05, 0) is 0 Å². The fraction of sp³-hybridized carbons (Fsp3) is 0.429. The lowest BCUT2D eigenvalue weighted by molar-refractivity contribution is 0.730. The van der Waals surface area contributed by atoms with E-state index in [0.29, 0.717) is 5.92 Å². The highest BCUT2D eigenvalue weighted by atomic mass is 15.5. The lowest BCUT2D eigenvalue weighted by Gasteiger charge is -1.92. The molecule has 0 aliphatic carbocycles. The maximum absolute atomic E-state index is 4.29. The molecule has 58 valence electrons. The zero-order chi connectivity index (χ0) is 7.84. The molecule has 0 saturated carbocycles. The van der Waals surface area contributed by atoms with Gasteiger partial charge in [-0.25, -0.2) is 4.98 Å². The molecular weight excluding hydrogens is 140 g/mol. The minimum atomic E-state index is 0.392. The first-order chi connectivity index (χ1) is 5.27. The molecule has 0 radical (unpaired) electrons. The molecule has 0 amide bonds. The van der Waals surface area contributed by atoms with E-state index in [9.17, 15) is 0 Å². The Kier molecular flexibility index (Phi) is 1.21. The van der Waals surface area contributed by atoms with Crippen molar-refractivity contribution in [1.82, 2.24) is 19.8 Å². The predicted octanol–water partition coefficient (Wildman–Crippen LogP) is 1.18. The van der Waals surface area contributed by atoms with Crippen LogP contribution in [0.4, 0.5) is 0 Å². The van der Waals surface area contributed by atoms with Crippen LogP contribution in [0.3, 0.4) is 0 Å². The van der Waals surface area contributed by atoms with E-state index in [0.717, 1.165) is 11.5 Å². The smallest absolute Gasteiger partial charge is 0.175 e. The number of aromatic amines is 1. The van der Waals surface area contributed by atoms with Crippen molar-refractivity contribution in [2.45, 2.75) is 19.8 Å². The fourth-order valence-corrected chi connectivity index (χ4v) is 0.971. The molecule has 4 heteroatoms. The average molecular weight is 150 g/mol. The molecule has 2 aromatic heterocycles. The summed E-state index contributed by atoms with van der Waals surface area (Å²) in [6.45, 7) is 4.16. The molecule has 0 saturated heterocycles. The largest absolute Gasteiger partial charge is 0.284 e. The van der Waals surface area contributed by atoms with Crippen molar-refractivity contribution in [2.75, 3.05) is 0 Å². The van der Waals surface area contributed by atoms with Crippen LogP contribution in [0, 0.1) is 0 Å². The van der Waals surface area contributed by atoms with E-state index >= 15 is 0 Å². The van der Waals surface area contributed by atoms with Crippen molar-refractivity contribution in [3.63, 3.8) is 0 Å². The van der Waals surface area contributed by atoms with E-state index in [-0.39, 0.29) is 0 Å². The van der Waals surface area contributed by atoms with Crippen LogP contribution in [0.25, 0.3) is 5.65 Å². The van der Waals surface area contributed by atoms with Crippen LogP contribution in [0.5, 0.6) is 0 Å². The van der Waals surface area contributed by atoms with Crippen molar-refractivity contribution >= 4 is 5.65 Å². The molecule has 1 N–H and O–H groups in total. The second-order valence-electron chi connectivity index (χ2n) is 2.86. The highest BCUT2D eigenvalue weighted by Gasteiger charge is 2.06. The van der Waals surface area contributed by atoms with Gasteiger partial charge in [-0.2, -0.15) is 4.63 Å². The molecule has 2 rings (SSSR count). The van der Waals surface area contributed by atoms with Crippen LogP contribution in [0.2, 0.25) is 0 Å². The van der Waals surface area contributed by atoms with Crippen LogP contribution < -0.4 is 0 Å². The van der Waals surface area contributed by atoms with Crippen molar-refractivity contribution in [1.29, 1.82) is 0 Å². The molecule has 0 atom stereocenters. The summed E-state index contributed by atoms with van der Waals surface area (Å²) < 4.78 is 1.68. The van der Waals surface area contributed by atoms with E-state index in [4.69, 9.17) is 0 Å². The van der Waals surface area contributed by atoms with E-state index in [2.05, 4.69) is 29.0 Å². The second kappa shape index (κ2) is 2.08. The van der Waals surface area contributed by atoms with Crippen LogP contribution in [-0.4, -0.2) is 19.8 Å². The molecule has 2 heterocycles. The molecule has 0 bridgehead atoms. The van der Waals surface area contributed by atoms with Gasteiger partial charge in [0.1, 0.15) is 0 Å². The number of hydrogen-bond acceptors (Lipinski definition) is 2. The van der Waals surface area contributed by atoms with Gasteiger partial charge in [0.15, 0.2) is 11.5 Å². The van der Waals surface area contributed by atoms with Gasteiger partial charge in [0, 0.05) is 18.2 Å². The summed E-state index contributed by atoms with van der Waals surface area (Å²) in [7, 11) is 0. The Morgan fingerprint density at radius 3 is 3.00 bits per heavy atom. The fourth-order valence-electron chi connectivity index (χ4n) is 0.971. The molecule has 0 fully saturated rings. The Balaban J connectivity index is 2.58. The third-order valence-corrected chi connectivity index (χ3v) is 1.59. The SMILES string of the molecule is CC(C)c1nc2cc[nH]n2n1. The highest BCUT2D eigenvalue weighted by molar-refractivity contribution is 5.34. The van der Waals surface area contributed by atoms with Gasteiger partial charge in [-0.1, -0.05) is 13.8 Å². The van der Waals surface area contributed by atoms with Crippen LogP contribution >= 0.6 is 0 Å². The van der Waals surface area contributed by atoms with Crippen LogP contribution in [0.15, 0.2) is 12.3 Å². The maximum atomic E-state index is 4.29. The summed E-state index contributed by atoms with van der Waals surface area (Å²) in [5, 5.41) is 7.16. The minimum absolute atomic E-state index is 0.392. The first-order valence-corrected chi connectivity index (χ1v) is 3.67. The molecule has 0 spiro atoms. The van der Waals surface area contributed by atoms with Crippen molar-refractivity contribution < 1.29 is 0 Å². The van der Waals surface area contributed by atoms with Crippen molar-refractivity contribution in [2.24, 2.45) is 0 Å². The lowest BCUT2D eigenvalue weighted by atomic mass is 10.2. The molecular formula is C7H10N4. The number of aromatic nitrogens is 4. The number of H-pyrrole nitrogens is 1. The molecule has 4 nitrogen and oxygen atoms in total. The monoisotopic (exact) mass is 150 g/mol. The van der Waals surface area contributed by atoms with Crippen LogP contribution in [0.1, 0.15) is 25.6 Å². The van der Waals surface area contributed by atoms with Gasteiger partial charge in [-0.15, -0.1) is 5.10 Å². The summed E-state index contributed by atoms with van der Waals surface area (Å²) in [5.41, 5.74) is 0.883. The molecule has 0 aromatic carbocycles. The Bertz CT molecular complexity index is 329. The first kappa shape index (κ1) is 6.39. The van der Waals surface area contributed by atoms with Gasteiger partial charge < -0.3 is 0 Å². The number of rotatable bonds is 1. The third-order valence-electron chi connectivity index (χ3n) is 1.59. The standard InChI is InChI=1S/C7H10N4/c1-5(2)7-9-6-3-4-8-11(6)10-7/h3-5,8H,1-2H3. The lowest BCUT2D eigenvalue weighted by Crippen LogP contribution is -1.92. The first-order valence-electron chi connectivity index (χ1n) is 3.67. The van der Waals surface area contributed by atoms with Crippen molar-refractivity contribution in [3.05, 3.63) is 18.1 Å². The van der Waals surface area contributed by atoms with Crippen molar-refractivity contribution in [3.8, 4) is 0 Å². The molecule has 0 unspecified atom stereocenters. The van der Waals surface area contributed by atoms with E-state index in [1.807, 2.05) is 12.3 Å². The van der Waals surface area contributed by atoms with E-state index in [1.54, 1.807) is 4.63 Å². The molecule has 0 aliphatic rings. The number of nitrogens with one attached hydrogen (secondary N) is 1. The summed E-state index contributed by atoms with van der Waals surface area (Å²) in [6.07, 6.45) is 1.82. The number of fused-ring (bicyclic) bond motifs is 1. The Morgan fingerprint density at radius 2 is 2.36 bits per heavy atom. The predicted molar refractivity (Wildman–Crippen MR) is 41.4 cm³/mol. The zero-order valence-corrected chi connectivity index (χ0v) is 6.57. The van der Waals surface area contributed by atoms with Crippen LogP contribution in [-0.2, 0) is 0 Å². The summed E-state index contributed by atoms with van der Waals surface area (Å²) >= 11 is 0. The third kappa shape index (κ3) is 0.906. The minimum Gasteiger partial charge on any atom is -0.284 e. The number of hydrogen-bond donors (Lipinski definition) is 1. The number of nitrogens with zero attached hydrogens (tertiary/aromatic N) is 3. The van der Waals surface area contributed by atoms with Gasteiger partial charge in [0.05, 0.1) is 0 Å². The maximum Gasteiger partial charge on any atom is 0.175 e. The quantitative estimate of drug-likeness (QED) is 0.663. The molecule has 11 heavy (non-hydrogen) atoms. The zero-order valence-electron chi connectivity index (χ0n) is 6.57. The normalized spacial score (nSPS) is 11.5. The van der Waals surface area contributed by atoms with E-state index < -0.39 is 0 Å². The summed E-state index contributed by atoms with van der Waals surface area (Å²) in [4.78, 5) is 4.29. The topological polar surface area (TPSA) is 46.0 Å². The second-order valence-corrected chi connectivity index (χ2v) is 2.86. The van der Waals surface area contributed by atoms with Gasteiger partial charge >= 0.3 is 0 Å². The summed E-state index contributed by atoms with van der Waals surface area (Å²) in [6, 6.07) is 1.90. The Labute approximate surface area is 64.2 Å². The molecule has 2 aromatic rings. The Hall–Kier alpha value is -1.32. The van der Waals surface area contributed by atoms with Gasteiger partial charge in [0.25, 0.3) is 0 Å². The average Bonchev–Trinajstić information content (AvgIpc) is 2.40. The highest BCUT2D eigenvalue weighted by Crippen LogP contribution is 2.09. The molecule has 0 aliphatic heterocycles. The van der Waals surface area contributed by atoms with Gasteiger partial charge in [-0.3, -0.25) is 5.10 Å². The Morgan fingerprint density at radius 1 is 1.55 bits per heavy atom. The van der Waals surface area contributed by atoms with E-state index in [1.165, 1.54) is 0 Å².